The molecule has 7 heteroatoms. The van der Waals surface area contributed by atoms with E-state index in [0.29, 0.717) is 12.5 Å². The smallest absolute Gasteiger partial charge is 0.243 e. The maximum atomic E-state index is 12.8. The first-order valence-corrected chi connectivity index (χ1v) is 11.0. The molecule has 1 aliphatic heterocycles. The maximum absolute atomic E-state index is 12.8. The highest BCUT2D eigenvalue weighted by Crippen LogP contribution is 2.28. The summed E-state index contributed by atoms with van der Waals surface area (Å²) in [4.78, 5) is 19.7. The molecule has 1 aromatic carbocycles. The highest BCUT2D eigenvalue weighted by atomic mass is 35.5. The second-order valence-electron chi connectivity index (χ2n) is 7.49. The molecule has 2 fully saturated rings. The van der Waals surface area contributed by atoms with E-state index in [1.807, 2.05) is 24.3 Å². The summed E-state index contributed by atoms with van der Waals surface area (Å²) in [6.45, 7) is 0.873. The van der Waals surface area contributed by atoms with E-state index < -0.39 is 0 Å². The highest BCUT2D eigenvalue weighted by Gasteiger charge is 2.34. The van der Waals surface area contributed by atoms with E-state index in [0.717, 1.165) is 53.8 Å². The third-order valence-corrected chi connectivity index (χ3v) is 6.53. The number of carbonyl (C=O) groups is 1. The second-order valence-corrected chi connectivity index (χ2v) is 8.66. The molecule has 4 rings (SSSR count). The van der Waals surface area contributed by atoms with Crippen molar-refractivity contribution >= 4 is 34.2 Å². The zero-order chi connectivity index (χ0) is 18.6. The van der Waals surface area contributed by atoms with Crippen molar-refractivity contribution in [2.45, 2.75) is 63.5 Å². The molecule has 1 N–H and O–H groups in total. The number of nitrogens with one attached hydrogen (secondary N) is 1. The number of amides is 1. The number of anilines is 1. The number of benzene rings is 1. The average molecular weight is 405 g/mol. The lowest BCUT2D eigenvalue weighted by Crippen LogP contribution is -2.47. The summed E-state index contributed by atoms with van der Waals surface area (Å²) < 4.78 is 4.51. The first kappa shape index (κ1) is 18.7. The van der Waals surface area contributed by atoms with Crippen LogP contribution >= 0.6 is 23.1 Å². The molecule has 0 bridgehead atoms. The minimum Gasteiger partial charge on any atom is -0.352 e. The highest BCUT2D eigenvalue weighted by molar-refractivity contribution is 7.09. The molecule has 0 radical (unpaired) electrons. The van der Waals surface area contributed by atoms with Gasteiger partial charge in [-0.25, -0.2) is 4.98 Å². The molecule has 1 atom stereocenters. The molecule has 1 aromatic heterocycles. The minimum absolute atomic E-state index is 0.108. The fourth-order valence-electron chi connectivity index (χ4n) is 4.03. The van der Waals surface area contributed by atoms with E-state index >= 15 is 0 Å². The van der Waals surface area contributed by atoms with Crippen LogP contribution < -0.4 is 10.2 Å². The lowest BCUT2D eigenvalue weighted by molar-refractivity contribution is -0.123. The van der Waals surface area contributed by atoms with Gasteiger partial charge in [-0.2, -0.15) is 4.37 Å². The number of hydrogen-bond donors (Lipinski definition) is 1. The van der Waals surface area contributed by atoms with Crippen molar-refractivity contribution in [3.63, 3.8) is 0 Å². The van der Waals surface area contributed by atoms with Crippen molar-refractivity contribution in [2.75, 3.05) is 11.4 Å². The fourth-order valence-corrected chi connectivity index (χ4v) is 4.92. The van der Waals surface area contributed by atoms with Gasteiger partial charge in [-0.05, 0) is 43.4 Å². The molecule has 1 aliphatic carbocycles. The number of nitrogens with zero attached hydrogens (tertiary/aromatic N) is 3. The monoisotopic (exact) mass is 404 g/mol. The van der Waals surface area contributed by atoms with Gasteiger partial charge in [0.25, 0.3) is 0 Å². The van der Waals surface area contributed by atoms with Crippen LogP contribution in [0.15, 0.2) is 24.3 Å². The van der Waals surface area contributed by atoms with Gasteiger partial charge in [0.05, 0.1) is 0 Å². The Morgan fingerprint density at radius 1 is 1.15 bits per heavy atom. The van der Waals surface area contributed by atoms with Crippen LogP contribution in [-0.2, 0) is 11.2 Å². The first-order valence-electron chi connectivity index (χ1n) is 9.83. The number of halogens is 1. The van der Waals surface area contributed by atoms with Crippen LogP contribution in [-0.4, -0.2) is 33.9 Å². The summed E-state index contributed by atoms with van der Waals surface area (Å²) in [7, 11) is 0. The molecule has 144 valence electrons. The molecular weight excluding hydrogens is 380 g/mol. The lowest BCUT2D eigenvalue weighted by Gasteiger charge is -2.27. The van der Waals surface area contributed by atoms with Crippen molar-refractivity contribution in [1.29, 1.82) is 0 Å². The van der Waals surface area contributed by atoms with Gasteiger partial charge in [-0.1, -0.05) is 43.0 Å². The number of aromatic nitrogens is 2. The molecular formula is C20H25ClN4OS. The third-order valence-electron chi connectivity index (χ3n) is 5.49. The molecule has 0 unspecified atom stereocenters. The van der Waals surface area contributed by atoms with Gasteiger partial charge < -0.3 is 10.2 Å². The summed E-state index contributed by atoms with van der Waals surface area (Å²) in [5.74, 6) is 0.963. The van der Waals surface area contributed by atoms with Gasteiger partial charge in [0.1, 0.15) is 11.9 Å². The summed E-state index contributed by atoms with van der Waals surface area (Å²) in [5.41, 5.74) is 1.14. The molecule has 2 heterocycles. The minimum atomic E-state index is -0.108. The SMILES string of the molecule is O=C(NC1CCCCC1)[C@H]1CCCN1c1nc(Cc2ccc(Cl)cc2)ns1. The summed E-state index contributed by atoms with van der Waals surface area (Å²) in [6, 6.07) is 8.01. The van der Waals surface area contributed by atoms with Crippen LogP contribution in [0.4, 0.5) is 5.13 Å². The van der Waals surface area contributed by atoms with Crippen molar-refractivity contribution in [2.24, 2.45) is 0 Å². The fraction of sp³-hybridized carbons (Fsp3) is 0.550. The van der Waals surface area contributed by atoms with E-state index in [9.17, 15) is 4.79 Å². The zero-order valence-electron chi connectivity index (χ0n) is 15.4. The molecule has 1 saturated heterocycles. The van der Waals surface area contributed by atoms with Gasteiger partial charge in [0.2, 0.25) is 11.0 Å². The van der Waals surface area contributed by atoms with E-state index in [2.05, 4.69) is 14.6 Å². The van der Waals surface area contributed by atoms with Crippen LogP contribution in [0.5, 0.6) is 0 Å². The van der Waals surface area contributed by atoms with Crippen molar-refractivity contribution in [3.05, 3.63) is 40.7 Å². The molecule has 1 amide bonds. The van der Waals surface area contributed by atoms with Crippen molar-refractivity contribution in [3.8, 4) is 0 Å². The van der Waals surface area contributed by atoms with Gasteiger partial charge in [0, 0.05) is 35.6 Å². The Balaban J connectivity index is 1.40. The van der Waals surface area contributed by atoms with Crippen LogP contribution in [0, 0.1) is 0 Å². The van der Waals surface area contributed by atoms with Gasteiger partial charge in [0.15, 0.2) is 0 Å². The quantitative estimate of drug-likeness (QED) is 0.811. The molecule has 27 heavy (non-hydrogen) atoms. The maximum Gasteiger partial charge on any atom is 0.243 e. The molecule has 1 saturated carbocycles. The Labute approximate surface area is 169 Å². The Bertz CT molecular complexity index is 773. The van der Waals surface area contributed by atoms with E-state index in [1.165, 1.54) is 30.8 Å². The van der Waals surface area contributed by atoms with Crippen molar-refractivity contribution in [1.82, 2.24) is 14.7 Å². The summed E-state index contributed by atoms with van der Waals surface area (Å²) in [5, 5.41) is 4.87. The molecule has 5 nitrogen and oxygen atoms in total. The topological polar surface area (TPSA) is 58.1 Å². The Morgan fingerprint density at radius 3 is 2.70 bits per heavy atom. The predicted molar refractivity (Wildman–Crippen MR) is 110 cm³/mol. The van der Waals surface area contributed by atoms with Gasteiger partial charge >= 0.3 is 0 Å². The van der Waals surface area contributed by atoms with Crippen LogP contribution in [0.2, 0.25) is 5.02 Å². The van der Waals surface area contributed by atoms with Crippen molar-refractivity contribution < 1.29 is 4.79 Å². The number of rotatable bonds is 5. The van der Waals surface area contributed by atoms with E-state index in [-0.39, 0.29) is 11.9 Å². The number of hydrogen-bond acceptors (Lipinski definition) is 5. The standard InChI is InChI=1S/C20H25ClN4OS/c21-15-10-8-14(9-11-15)13-18-23-20(27-24-18)25-12-4-7-17(25)19(26)22-16-5-2-1-3-6-16/h8-11,16-17H,1-7,12-13H2,(H,22,26)/t17-/m1/s1. The van der Waals surface area contributed by atoms with Gasteiger partial charge in [-0.3, -0.25) is 4.79 Å². The Hall–Kier alpha value is -1.66. The largest absolute Gasteiger partial charge is 0.352 e. The van der Waals surface area contributed by atoms with Crippen LogP contribution in [0.25, 0.3) is 0 Å². The number of carbonyl (C=O) groups excluding carboxylic acids is 1. The average Bonchev–Trinajstić information content (AvgIpc) is 3.33. The van der Waals surface area contributed by atoms with Crippen LogP contribution in [0.1, 0.15) is 56.3 Å². The summed E-state index contributed by atoms with van der Waals surface area (Å²) >= 11 is 7.34. The Morgan fingerprint density at radius 2 is 1.93 bits per heavy atom. The van der Waals surface area contributed by atoms with E-state index in [4.69, 9.17) is 16.6 Å². The molecule has 2 aromatic rings. The molecule has 0 spiro atoms. The normalized spacial score (nSPS) is 20.8. The third kappa shape index (κ3) is 4.61. The predicted octanol–water partition coefficient (Wildman–Crippen LogP) is 4.20. The zero-order valence-corrected chi connectivity index (χ0v) is 16.9. The Kier molecular flexibility index (Phi) is 5.93. The van der Waals surface area contributed by atoms with E-state index in [1.54, 1.807) is 0 Å². The lowest BCUT2D eigenvalue weighted by atomic mass is 9.95. The van der Waals surface area contributed by atoms with Crippen LogP contribution in [0.3, 0.4) is 0 Å². The first-order chi connectivity index (χ1) is 13.2. The molecule has 2 aliphatic rings. The second kappa shape index (κ2) is 8.57. The van der Waals surface area contributed by atoms with Gasteiger partial charge in [-0.15, -0.1) is 0 Å². The summed E-state index contributed by atoms with van der Waals surface area (Å²) in [6.07, 6.45) is 8.57.